The number of hydrogen-bond acceptors (Lipinski definition) is 3. The molecule has 2 rings (SSSR count). The predicted molar refractivity (Wildman–Crippen MR) is 67.2 cm³/mol. The number of rotatable bonds is 4. The number of nitrogens with zero attached hydrogens (tertiary/aromatic N) is 2. The van der Waals surface area contributed by atoms with Crippen molar-refractivity contribution in [3.63, 3.8) is 0 Å². The van der Waals surface area contributed by atoms with Gasteiger partial charge in [0, 0.05) is 32.1 Å². The van der Waals surface area contributed by atoms with Crippen LogP contribution in [0.3, 0.4) is 0 Å². The van der Waals surface area contributed by atoms with Gasteiger partial charge in [0.15, 0.2) is 0 Å². The molecule has 0 aromatic rings. The molecular formula is C13H22N2O3. The Labute approximate surface area is 108 Å². The zero-order valence-corrected chi connectivity index (χ0v) is 11.0. The Kier molecular flexibility index (Phi) is 4.22. The summed E-state index contributed by atoms with van der Waals surface area (Å²) >= 11 is 0. The number of carboxylic acid groups (broad SMARTS) is 1. The van der Waals surface area contributed by atoms with Crippen LogP contribution < -0.4 is 0 Å². The van der Waals surface area contributed by atoms with Crippen molar-refractivity contribution in [3.05, 3.63) is 0 Å². The second-order valence-electron chi connectivity index (χ2n) is 5.49. The molecular weight excluding hydrogens is 232 g/mol. The second-order valence-corrected chi connectivity index (χ2v) is 5.49. The van der Waals surface area contributed by atoms with Crippen LogP contribution in [0, 0.1) is 11.8 Å². The highest BCUT2D eigenvalue weighted by Crippen LogP contribution is 2.31. The number of hydrogen-bond donors (Lipinski definition) is 1. The van der Waals surface area contributed by atoms with E-state index in [1.54, 1.807) is 6.92 Å². The minimum atomic E-state index is -0.745. The Hall–Kier alpha value is -1.10. The Morgan fingerprint density at radius 1 is 1.22 bits per heavy atom. The molecule has 0 aromatic heterocycles. The fourth-order valence-corrected chi connectivity index (χ4v) is 2.43. The third-order valence-electron chi connectivity index (χ3n) is 3.78. The number of carbonyl (C=O) groups is 2. The Morgan fingerprint density at radius 3 is 2.56 bits per heavy atom. The quantitative estimate of drug-likeness (QED) is 0.800. The van der Waals surface area contributed by atoms with Gasteiger partial charge >= 0.3 is 5.97 Å². The first-order valence-corrected chi connectivity index (χ1v) is 6.82. The summed E-state index contributed by atoms with van der Waals surface area (Å²) < 4.78 is 0. The summed E-state index contributed by atoms with van der Waals surface area (Å²) in [5.41, 5.74) is 0. The van der Waals surface area contributed by atoms with Crippen LogP contribution in [0.1, 0.15) is 26.2 Å². The van der Waals surface area contributed by atoms with E-state index in [0.717, 1.165) is 45.4 Å². The molecule has 1 aliphatic carbocycles. The highest BCUT2D eigenvalue weighted by Gasteiger charge is 2.34. The molecule has 0 spiro atoms. The number of aliphatic carboxylic acids is 1. The first-order chi connectivity index (χ1) is 8.58. The molecule has 1 unspecified atom stereocenters. The molecule has 1 saturated carbocycles. The SMILES string of the molecule is CC(CN1CCCN(C(=O)C2CC2)CC1)C(=O)O. The Balaban J connectivity index is 1.80. The Bertz CT molecular complexity index is 328. The predicted octanol–water partition coefficient (Wildman–Crippen LogP) is 0.651. The standard InChI is InChI=1S/C13H22N2O3/c1-10(13(17)18)9-14-5-2-6-15(8-7-14)12(16)11-3-4-11/h10-11H,2-9H2,1H3,(H,17,18). The summed E-state index contributed by atoms with van der Waals surface area (Å²) in [6.07, 6.45) is 3.05. The highest BCUT2D eigenvalue weighted by molar-refractivity contribution is 5.81. The average Bonchev–Trinajstić information content (AvgIpc) is 3.15. The van der Waals surface area contributed by atoms with E-state index in [1.165, 1.54) is 0 Å². The summed E-state index contributed by atoms with van der Waals surface area (Å²) in [7, 11) is 0. The molecule has 0 aromatic carbocycles. The molecule has 1 amide bonds. The van der Waals surface area contributed by atoms with Gasteiger partial charge in [0.25, 0.3) is 0 Å². The molecule has 2 fully saturated rings. The maximum Gasteiger partial charge on any atom is 0.307 e. The third kappa shape index (κ3) is 3.45. The minimum absolute atomic E-state index is 0.287. The van der Waals surface area contributed by atoms with Crippen LogP contribution >= 0.6 is 0 Å². The van der Waals surface area contributed by atoms with E-state index in [1.807, 2.05) is 4.90 Å². The minimum Gasteiger partial charge on any atom is -0.481 e. The van der Waals surface area contributed by atoms with Crippen molar-refractivity contribution >= 4 is 11.9 Å². The molecule has 5 nitrogen and oxygen atoms in total. The lowest BCUT2D eigenvalue weighted by Crippen LogP contribution is -2.37. The maximum absolute atomic E-state index is 12.0. The second kappa shape index (κ2) is 5.69. The van der Waals surface area contributed by atoms with Gasteiger partial charge in [0.1, 0.15) is 0 Å². The Morgan fingerprint density at radius 2 is 1.94 bits per heavy atom. The van der Waals surface area contributed by atoms with Gasteiger partial charge in [-0.2, -0.15) is 0 Å². The zero-order chi connectivity index (χ0) is 13.1. The van der Waals surface area contributed by atoms with Crippen molar-refractivity contribution < 1.29 is 14.7 Å². The van der Waals surface area contributed by atoms with Gasteiger partial charge in [0.2, 0.25) is 5.91 Å². The molecule has 1 atom stereocenters. The summed E-state index contributed by atoms with van der Waals surface area (Å²) in [5, 5.41) is 8.91. The van der Waals surface area contributed by atoms with Crippen LogP contribution in [-0.2, 0) is 9.59 Å². The van der Waals surface area contributed by atoms with Gasteiger partial charge in [-0.3, -0.25) is 9.59 Å². The van der Waals surface area contributed by atoms with E-state index < -0.39 is 5.97 Å². The van der Waals surface area contributed by atoms with Crippen molar-refractivity contribution in [3.8, 4) is 0 Å². The molecule has 0 radical (unpaired) electrons. The highest BCUT2D eigenvalue weighted by atomic mass is 16.4. The van der Waals surface area contributed by atoms with Gasteiger partial charge in [0.05, 0.1) is 5.92 Å². The van der Waals surface area contributed by atoms with E-state index in [0.29, 0.717) is 12.5 Å². The lowest BCUT2D eigenvalue weighted by molar-refractivity contribution is -0.141. The molecule has 1 saturated heterocycles. The molecule has 0 bridgehead atoms. The number of carbonyl (C=O) groups excluding carboxylic acids is 1. The van der Waals surface area contributed by atoms with Gasteiger partial charge in [-0.1, -0.05) is 6.92 Å². The lowest BCUT2D eigenvalue weighted by atomic mass is 10.1. The molecule has 1 aliphatic heterocycles. The van der Waals surface area contributed by atoms with Crippen LogP contribution in [0.2, 0.25) is 0 Å². The van der Waals surface area contributed by atoms with Gasteiger partial charge < -0.3 is 14.9 Å². The topological polar surface area (TPSA) is 60.9 Å². The van der Waals surface area contributed by atoms with Crippen LogP contribution in [0.5, 0.6) is 0 Å². The monoisotopic (exact) mass is 254 g/mol. The van der Waals surface area contributed by atoms with E-state index >= 15 is 0 Å². The number of carboxylic acids is 1. The summed E-state index contributed by atoms with van der Waals surface area (Å²) in [6.45, 7) is 5.60. The van der Waals surface area contributed by atoms with E-state index in [9.17, 15) is 9.59 Å². The molecule has 1 heterocycles. The van der Waals surface area contributed by atoms with Crippen molar-refractivity contribution in [1.82, 2.24) is 9.80 Å². The fraction of sp³-hybridized carbons (Fsp3) is 0.846. The fourth-order valence-electron chi connectivity index (χ4n) is 2.43. The van der Waals surface area contributed by atoms with E-state index in [2.05, 4.69) is 4.90 Å². The summed E-state index contributed by atoms with van der Waals surface area (Å²) in [5.74, 6) is -0.488. The molecule has 5 heteroatoms. The first kappa shape index (κ1) is 13.3. The molecule has 1 N–H and O–H groups in total. The van der Waals surface area contributed by atoms with E-state index in [-0.39, 0.29) is 11.8 Å². The van der Waals surface area contributed by atoms with Gasteiger partial charge in [-0.15, -0.1) is 0 Å². The normalized spacial score (nSPS) is 23.5. The lowest BCUT2D eigenvalue weighted by Gasteiger charge is -2.23. The third-order valence-corrected chi connectivity index (χ3v) is 3.78. The van der Waals surface area contributed by atoms with Crippen LogP contribution in [-0.4, -0.2) is 59.5 Å². The zero-order valence-electron chi connectivity index (χ0n) is 11.0. The van der Waals surface area contributed by atoms with Crippen LogP contribution in [0.25, 0.3) is 0 Å². The van der Waals surface area contributed by atoms with Crippen LogP contribution in [0.15, 0.2) is 0 Å². The molecule has 18 heavy (non-hydrogen) atoms. The average molecular weight is 254 g/mol. The smallest absolute Gasteiger partial charge is 0.307 e. The largest absolute Gasteiger partial charge is 0.481 e. The maximum atomic E-state index is 12.0. The van der Waals surface area contributed by atoms with Crippen molar-refractivity contribution in [1.29, 1.82) is 0 Å². The van der Waals surface area contributed by atoms with Crippen molar-refractivity contribution in [2.45, 2.75) is 26.2 Å². The van der Waals surface area contributed by atoms with E-state index in [4.69, 9.17) is 5.11 Å². The van der Waals surface area contributed by atoms with Crippen molar-refractivity contribution in [2.75, 3.05) is 32.7 Å². The number of amides is 1. The van der Waals surface area contributed by atoms with Crippen LogP contribution in [0.4, 0.5) is 0 Å². The van der Waals surface area contributed by atoms with Gasteiger partial charge in [-0.25, -0.2) is 0 Å². The summed E-state index contributed by atoms with van der Waals surface area (Å²) in [4.78, 5) is 26.9. The van der Waals surface area contributed by atoms with Gasteiger partial charge in [-0.05, 0) is 25.8 Å². The summed E-state index contributed by atoms with van der Waals surface area (Å²) in [6, 6.07) is 0. The van der Waals surface area contributed by atoms with Crippen molar-refractivity contribution in [2.24, 2.45) is 11.8 Å². The first-order valence-electron chi connectivity index (χ1n) is 6.82. The molecule has 2 aliphatic rings. The molecule has 102 valence electrons.